The third-order valence-electron chi connectivity index (χ3n) is 1.65. The molecule has 0 spiro atoms. The summed E-state index contributed by atoms with van der Waals surface area (Å²) >= 11 is 5.77. The van der Waals surface area contributed by atoms with Crippen LogP contribution in [0.4, 0.5) is 0 Å². The minimum absolute atomic E-state index is 0.444. The standard InChI is InChI=1S/C10H8ClNO/c1-7(13-2)10-5-9(11)4-3-8(10)6-12/h3-5H,1H2,2H3. The van der Waals surface area contributed by atoms with E-state index in [1.165, 1.54) is 7.11 Å². The van der Waals surface area contributed by atoms with Gasteiger partial charge in [-0.1, -0.05) is 18.2 Å². The predicted molar refractivity (Wildman–Crippen MR) is 52.2 cm³/mol. The third-order valence-corrected chi connectivity index (χ3v) is 1.88. The van der Waals surface area contributed by atoms with Crippen molar-refractivity contribution in [3.63, 3.8) is 0 Å². The van der Waals surface area contributed by atoms with Crippen LogP contribution in [0.25, 0.3) is 5.76 Å². The van der Waals surface area contributed by atoms with Gasteiger partial charge in [0.1, 0.15) is 5.76 Å². The molecule has 0 aromatic heterocycles. The normalized spacial score (nSPS) is 9.00. The fourth-order valence-corrected chi connectivity index (χ4v) is 1.13. The minimum Gasteiger partial charge on any atom is -0.497 e. The Morgan fingerprint density at radius 1 is 1.62 bits per heavy atom. The van der Waals surface area contributed by atoms with Gasteiger partial charge in [-0.2, -0.15) is 5.26 Å². The van der Waals surface area contributed by atoms with Crippen molar-refractivity contribution in [2.45, 2.75) is 0 Å². The Balaban J connectivity index is 3.25. The van der Waals surface area contributed by atoms with Crippen LogP contribution in [0.15, 0.2) is 24.8 Å². The van der Waals surface area contributed by atoms with Gasteiger partial charge < -0.3 is 4.74 Å². The Bertz CT molecular complexity index is 379. The Kier molecular flexibility index (Phi) is 2.94. The highest BCUT2D eigenvalue weighted by atomic mass is 35.5. The van der Waals surface area contributed by atoms with Gasteiger partial charge in [0, 0.05) is 10.6 Å². The number of halogens is 1. The van der Waals surface area contributed by atoms with Crippen LogP contribution in [0.2, 0.25) is 5.02 Å². The van der Waals surface area contributed by atoms with E-state index in [0.717, 1.165) is 0 Å². The van der Waals surface area contributed by atoms with Crippen LogP contribution in [0.1, 0.15) is 11.1 Å². The van der Waals surface area contributed by atoms with Gasteiger partial charge in [-0.05, 0) is 18.2 Å². The maximum atomic E-state index is 8.76. The molecule has 1 rings (SSSR count). The molecule has 0 unspecified atom stereocenters. The highest BCUT2D eigenvalue weighted by molar-refractivity contribution is 6.30. The zero-order valence-corrected chi connectivity index (χ0v) is 7.93. The second-order valence-electron chi connectivity index (χ2n) is 2.43. The summed E-state index contributed by atoms with van der Waals surface area (Å²) in [4.78, 5) is 0. The van der Waals surface area contributed by atoms with Gasteiger partial charge in [-0.25, -0.2) is 0 Å². The number of benzene rings is 1. The quantitative estimate of drug-likeness (QED) is 0.677. The second-order valence-corrected chi connectivity index (χ2v) is 2.87. The summed E-state index contributed by atoms with van der Waals surface area (Å²) in [6, 6.07) is 7.00. The number of rotatable bonds is 2. The van der Waals surface area contributed by atoms with Crippen molar-refractivity contribution in [1.82, 2.24) is 0 Å². The maximum Gasteiger partial charge on any atom is 0.120 e. The fraction of sp³-hybridized carbons (Fsp3) is 0.100. The van der Waals surface area contributed by atoms with Gasteiger partial charge >= 0.3 is 0 Å². The number of methoxy groups -OCH3 is 1. The van der Waals surface area contributed by atoms with Crippen LogP contribution < -0.4 is 0 Å². The summed E-state index contributed by atoms with van der Waals surface area (Å²) in [7, 11) is 1.50. The van der Waals surface area contributed by atoms with Crippen molar-refractivity contribution in [3.8, 4) is 6.07 Å². The fourth-order valence-electron chi connectivity index (χ4n) is 0.955. The molecule has 2 nitrogen and oxygen atoms in total. The van der Waals surface area contributed by atoms with E-state index >= 15 is 0 Å². The number of hydrogen-bond donors (Lipinski definition) is 0. The van der Waals surface area contributed by atoms with Crippen molar-refractivity contribution < 1.29 is 4.74 Å². The van der Waals surface area contributed by atoms with E-state index < -0.39 is 0 Å². The number of ether oxygens (including phenoxy) is 1. The molecular weight excluding hydrogens is 186 g/mol. The van der Waals surface area contributed by atoms with Crippen molar-refractivity contribution in [2.24, 2.45) is 0 Å². The molecule has 0 amide bonds. The Morgan fingerprint density at radius 2 is 2.31 bits per heavy atom. The molecule has 3 heteroatoms. The molecule has 66 valence electrons. The van der Waals surface area contributed by atoms with Crippen molar-refractivity contribution >= 4 is 17.4 Å². The van der Waals surface area contributed by atoms with Gasteiger partial charge in [0.05, 0.1) is 18.7 Å². The van der Waals surface area contributed by atoms with Gasteiger partial charge in [0.15, 0.2) is 0 Å². The van der Waals surface area contributed by atoms with E-state index in [1.54, 1.807) is 18.2 Å². The smallest absolute Gasteiger partial charge is 0.120 e. The van der Waals surface area contributed by atoms with Gasteiger partial charge in [-0.15, -0.1) is 0 Å². The van der Waals surface area contributed by atoms with Crippen molar-refractivity contribution in [3.05, 3.63) is 40.9 Å². The average Bonchev–Trinajstić information content (AvgIpc) is 2.16. The molecule has 1 aromatic carbocycles. The second kappa shape index (κ2) is 3.97. The first-order chi connectivity index (χ1) is 6.19. The lowest BCUT2D eigenvalue weighted by atomic mass is 10.1. The molecule has 0 fully saturated rings. The lowest BCUT2D eigenvalue weighted by Crippen LogP contribution is -1.90. The van der Waals surface area contributed by atoms with Crippen LogP contribution in [-0.2, 0) is 4.74 Å². The summed E-state index contributed by atoms with van der Waals surface area (Å²) in [5.41, 5.74) is 1.15. The molecule has 0 radical (unpaired) electrons. The molecule has 0 aliphatic heterocycles. The Labute approximate surface area is 82.0 Å². The van der Waals surface area contributed by atoms with Crippen LogP contribution in [0.5, 0.6) is 0 Å². The van der Waals surface area contributed by atoms with Crippen molar-refractivity contribution in [1.29, 1.82) is 5.26 Å². The molecule has 0 N–H and O–H groups in total. The lowest BCUT2D eigenvalue weighted by Gasteiger charge is -2.06. The largest absolute Gasteiger partial charge is 0.497 e. The summed E-state index contributed by atoms with van der Waals surface area (Å²) in [6.45, 7) is 3.66. The zero-order chi connectivity index (χ0) is 9.84. The highest BCUT2D eigenvalue weighted by Gasteiger charge is 2.06. The van der Waals surface area contributed by atoms with Crippen LogP contribution >= 0.6 is 11.6 Å². The number of nitriles is 1. The Hall–Kier alpha value is -1.46. The molecule has 0 bridgehead atoms. The van der Waals surface area contributed by atoms with Gasteiger partial charge in [-0.3, -0.25) is 0 Å². The first-order valence-corrected chi connectivity index (χ1v) is 3.99. The van der Waals surface area contributed by atoms with Crippen LogP contribution in [0, 0.1) is 11.3 Å². The molecule has 0 atom stereocenters. The monoisotopic (exact) mass is 193 g/mol. The first-order valence-electron chi connectivity index (χ1n) is 3.62. The number of nitrogens with zero attached hydrogens (tertiary/aromatic N) is 1. The molecule has 0 heterocycles. The predicted octanol–water partition coefficient (Wildman–Crippen LogP) is 2.83. The molecule has 13 heavy (non-hydrogen) atoms. The Morgan fingerprint density at radius 3 is 2.85 bits per heavy atom. The summed E-state index contributed by atoms with van der Waals surface area (Å²) in [5.74, 6) is 0.444. The molecule has 0 saturated heterocycles. The highest BCUT2D eigenvalue weighted by Crippen LogP contribution is 2.21. The molecule has 0 aliphatic carbocycles. The third kappa shape index (κ3) is 2.01. The summed E-state index contributed by atoms with van der Waals surface area (Å²) in [5, 5.41) is 9.33. The zero-order valence-electron chi connectivity index (χ0n) is 7.17. The molecule has 1 aromatic rings. The molecule has 0 aliphatic rings. The van der Waals surface area contributed by atoms with Crippen LogP contribution in [0.3, 0.4) is 0 Å². The van der Waals surface area contributed by atoms with E-state index in [1.807, 2.05) is 6.07 Å². The first kappa shape index (κ1) is 9.63. The average molecular weight is 194 g/mol. The summed E-state index contributed by atoms with van der Waals surface area (Å²) < 4.78 is 4.93. The van der Waals surface area contributed by atoms with Crippen molar-refractivity contribution in [2.75, 3.05) is 7.11 Å². The topological polar surface area (TPSA) is 33.0 Å². The number of hydrogen-bond acceptors (Lipinski definition) is 2. The van der Waals surface area contributed by atoms with E-state index in [2.05, 4.69) is 6.58 Å². The molecule has 0 saturated carbocycles. The maximum absolute atomic E-state index is 8.76. The van der Waals surface area contributed by atoms with E-state index in [-0.39, 0.29) is 0 Å². The van der Waals surface area contributed by atoms with Crippen LogP contribution in [-0.4, -0.2) is 7.11 Å². The SMILES string of the molecule is C=C(OC)c1cc(Cl)ccc1C#N. The lowest BCUT2D eigenvalue weighted by molar-refractivity contribution is 0.371. The van der Waals surface area contributed by atoms with Gasteiger partial charge in [0.25, 0.3) is 0 Å². The molecular formula is C10H8ClNO. The van der Waals surface area contributed by atoms with Gasteiger partial charge in [0.2, 0.25) is 0 Å². The van der Waals surface area contributed by atoms with E-state index in [9.17, 15) is 0 Å². The van der Waals surface area contributed by atoms with E-state index in [4.69, 9.17) is 21.6 Å². The van der Waals surface area contributed by atoms with E-state index in [0.29, 0.717) is 21.9 Å². The minimum atomic E-state index is 0.444. The summed E-state index contributed by atoms with van der Waals surface area (Å²) in [6.07, 6.45) is 0.